The van der Waals surface area contributed by atoms with E-state index in [2.05, 4.69) is 5.32 Å². The number of hydrogen-bond donors (Lipinski definition) is 1. The fourth-order valence-electron chi connectivity index (χ4n) is 4.72. The molecule has 0 radical (unpaired) electrons. The minimum Gasteiger partial charge on any atom is -0.352 e. The average molecular weight is 687 g/mol. The molecule has 4 aromatic rings. The van der Waals surface area contributed by atoms with Gasteiger partial charge in [0.25, 0.3) is 10.0 Å². The van der Waals surface area contributed by atoms with E-state index in [0.717, 1.165) is 9.87 Å². The lowest BCUT2D eigenvalue weighted by molar-refractivity contribution is -0.140. The molecule has 0 spiro atoms. The maximum Gasteiger partial charge on any atom is 0.264 e. The fourth-order valence-corrected chi connectivity index (χ4v) is 6.81. The Bertz CT molecular complexity index is 1720. The van der Waals surface area contributed by atoms with Gasteiger partial charge in [0.1, 0.15) is 12.6 Å². The van der Waals surface area contributed by atoms with E-state index in [1.54, 1.807) is 48.5 Å². The summed E-state index contributed by atoms with van der Waals surface area (Å²) in [5.41, 5.74) is 1.45. The van der Waals surface area contributed by atoms with Crippen molar-refractivity contribution in [2.45, 2.75) is 50.2 Å². The molecule has 1 N–H and O–H groups in total. The first kappa shape index (κ1) is 34.3. The Kier molecular flexibility index (Phi) is 11.9. The third-order valence-corrected chi connectivity index (χ3v) is 10.3. The van der Waals surface area contributed by atoms with Crippen LogP contribution in [-0.4, -0.2) is 43.8 Å². The summed E-state index contributed by atoms with van der Waals surface area (Å²) in [6.07, 6.45) is 0.862. The van der Waals surface area contributed by atoms with E-state index < -0.39 is 28.5 Å². The van der Waals surface area contributed by atoms with Crippen molar-refractivity contribution in [1.82, 2.24) is 10.2 Å². The molecule has 0 aliphatic carbocycles. The standard InChI is InChI=1S/C34H34Cl3N3O4S/c1-3-24(2)38-34(42)31(21-25-13-6-4-7-14-25)39(22-26-15-10-11-18-28(26)35)32(41)23-40(30-20-12-19-29(36)33(30)37)45(43,44)27-16-8-5-9-17-27/h4-20,24,31H,3,21-23H2,1-2H3,(H,38,42). The number of benzene rings is 4. The van der Waals surface area contributed by atoms with Crippen molar-refractivity contribution in [1.29, 1.82) is 0 Å². The lowest BCUT2D eigenvalue weighted by Crippen LogP contribution is -2.54. The van der Waals surface area contributed by atoms with Crippen LogP contribution in [0.3, 0.4) is 0 Å². The predicted molar refractivity (Wildman–Crippen MR) is 181 cm³/mol. The maximum absolute atomic E-state index is 14.5. The molecule has 236 valence electrons. The van der Waals surface area contributed by atoms with Gasteiger partial charge in [-0.3, -0.25) is 13.9 Å². The topological polar surface area (TPSA) is 86.8 Å². The Balaban J connectivity index is 1.84. The Hall–Kier alpha value is -3.56. The number of sulfonamides is 1. The molecule has 0 aromatic heterocycles. The van der Waals surface area contributed by atoms with Gasteiger partial charge in [0.15, 0.2) is 0 Å². The Morgan fingerprint density at radius 3 is 2.04 bits per heavy atom. The molecule has 0 aliphatic rings. The summed E-state index contributed by atoms with van der Waals surface area (Å²) in [6.45, 7) is 3.12. The number of carbonyl (C=O) groups excluding carboxylic acids is 2. The third kappa shape index (κ3) is 8.58. The number of carbonyl (C=O) groups is 2. The molecule has 0 heterocycles. The van der Waals surface area contributed by atoms with Gasteiger partial charge in [-0.2, -0.15) is 0 Å². The highest BCUT2D eigenvalue weighted by Gasteiger charge is 2.36. The summed E-state index contributed by atoms with van der Waals surface area (Å²) in [7, 11) is -4.31. The molecular formula is C34H34Cl3N3O4S. The van der Waals surface area contributed by atoms with E-state index in [1.807, 2.05) is 44.2 Å². The molecule has 0 saturated carbocycles. The first-order valence-electron chi connectivity index (χ1n) is 14.4. The van der Waals surface area contributed by atoms with Crippen LogP contribution in [0.5, 0.6) is 0 Å². The number of amides is 2. The normalized spacial score (nSPS) is 12.6. The lowest BCUT2D eigenvalue weighted by Gasteiger charge is -2.34. The highest BCUT2D eigenvalue weighted by atomic mass is 35.5. The number of rotatable bonds is 13. The molecule has 2 amide bonds. The van der Waals surface area contributed by atoms with Crippen LogP contribution in [0.25, 0.3) is 0 Å². The van der Waals surface area contributed by atoms with Gasteiger partial charge >= 0.3 is 0 Å². The molecule has 2 atom stereocenters. The summed E-state index contributed by atoms with van der Waals surface area (Å²) in [5, 5.41) is 3.51. The van der Waals surface area contributed by atoms with Crippen molar-refractivity contribution in [3.63, 3.8) is 0 Å². The van der Waals surface area contributed by atoms with Crippen molar-refractivity contribution in [3.8, 4) is 0 Å². The molecule has 0 saturated heterocycles. The van der Waals surface area contributed by atoms with E-state index in [1.165, 1.54) is 29.2 Å². The molecule has 0 bridgehead atoms. The van der Waals surface area contributed by atoms with Gasteiger partial charge in [0, 0.05) is 24.0 Å². The Labute approximate surface area is 279 Å². The molecule has 11 heteroatoms. The van der Waals surface area contributed by atoms with E-state index >= 15 is 0 Å². The molecule has 7 nitrogen and oxygen atoms in total. The van der Waals surface area contributed by atoms with Gasteiger partial charge in [0.2, 0.25) is 11.8 Å². The number of anilines is 1. The summed E-state index contributed by atoms with van der Waals surface area (Å²) < 4.78 is 29.1. The number of nitrogens with zero attached hydrogens (tertiary/aromatic N) is 2. The highest BCUT2D eigenvalue weighted by molar-refractivity contribution is 7.92. The minimum atomic E-state index is -4.31. The first-order chi connectivity index (χ1) is 21.5. The van der Waals surface area contributed by atoms with Crippen LogP contribution in [0.1, 0.15) is 31.4 Å². The van der Waals surface area contributed by atoms with Crippen molar-refractivity contribution in [2.75, 3.05) is 10.8 Å². The second kappa shape index (κ2) is 15.6. The van der Waals surface area contributed by atoms with Crippen LogP contribution in [0.2, 0.25) is 15.1 Å². The largest absolute Gasteiger partial charge is 0.352 e. The van der Waals surface area contributed by atoms with Crippen LogP contribution in [0.15, 0.2) is 108 Å². The van der Waals surface area contributed by atoms with Crippen LogP contribution in [-0.2, 0) is 32.6 Å². The number of nitrogens with one attached hydrogen (secondary N) is 1. The van der Waals surface area contributed by atoms with E-state index in [9.17, 15) is 18.0 Å². The van der Waals surface area contributed by atoms with Gasteiger partial charge in [-0.15, -0.1) is 0 Å². The SMILES string of the molecule is CCC(C)NC(=O)C(Cc1ccccc1)N(Cc1ccccc1Cl)C(=O)CN(c1cccc(Cl)c1Cl)S(=O)(=O)c1ccccc1. The molecule has 4 aromatic carbocycles. The summed E-state index contributed by atoms with van der Waals surface area (Å²) in [4.78, 5) is 29.8. The highest BCUT2D eigenvalue weighted by Crippen LogP contribution is 2.35. The van der Waals surface area contributed by atoms with Gasteiger partial charge in [-0.1, -0.05) is 115 Å². The van der Waals surface area contributed by atoms with Crippen LogP contribution in [0.4, 0.5) is 5.69 Å². The van der Waals surface area contributed by atoms with Crippen molar-refractivity contribution >= 4 is 62.3 Å². The molecule has 0 aliphatic heterocycles. The van der Waals surface area contributed by atoms with Gasteiger partial charge in [0.05, 0.1) is 20.6 Å². The quantitative estimate of drug-likeness (QED) is 0.159. The van der Waals surface area contributed by atoms with Gasteiger partial charge in [-0.25, -0.2) is 8.42 Å². The number of hydrogen-bond acceptors (Lipinski definition) is 4. The smallest absolute Gasteiger partial charge is 0.264 e. The van der Waals surface area contributed by atoms with Crippen molar-refractivity contribution in [3.05, 3.63) is 129 Å². The van der Waals surface area contributed by atoms with Crippen molar-refractivity contribution in [2.24, 2.45) is 0 Å². The van der Waals surface area contributed by atoms with E-state index in [0.29, 0.717) is 17.0 Å². The summed E-state index contributed by atoms with van der Waals surface area (Å²) in [5.74, 6) is -1.00. The minimum absolute atomic E-state index is 0.0283. The average Bonchev–Trinajstić information content (AvgIpc) is 3.04. The van der Waals surface area contributed by atoms with Crippen LogP contribution < -0.4 is 9.62 Å². The van der Waals surface area contributed by atoms with Gasteiger partial charge in [-0.05, 0) is 54.8 Å². The molecule has 2 unspecified atom stereocenters. The van der Waals surface area contributed by atoms with E-state index in [4.69, 9.17) is 34.8 Å². The Morgan fingerprint density at radius 2 is 1.40 bits per heavy atom. The molecule has 0 fully saturated rings. The third-order valence-electron chi connectivity index (χ3n) is 7.38. The second-order valence-corrected chi connectivity index (χ2v) is 13.6. The zero-order chi connectivity index (χ0) is 32.6. The Morgan fingerprint density at radius 1 is 0.800 bits per heavy atom. The van der Waals surface area contributed by atoms with Crippen LogP contribution in [0, 0.1) is 0 Å². The van der Waals surface area contributed by atoms with Gasteiger partial charge < -0.3 is 10.2 Å². The van der Waals surface area contributed by atoms with E-state index in [-0.39, 0.29) is 45.5 Å². The summed E-state index contributed by atoms with van der Waals surface area (Å²) >= 11 is 19.4. The zero-order valence-electron chi connectivity index (χ0n) is 24.9. The number of halogens is 3. The van der Waals surface area contributed by atoms with Crippen LogP contribution >= 0.6 is 34.8 Å². The molecular weight excluding hydrogens is 653 g/mol. The second-order valence-electron chi connectivity index (χ2n) is 10.5. The summed E-state index contributed by atoms with van der Waals surface area (Å²) in [6, 6.07) is 27.5. The van der Waals surface area contributed by atoms with Crippen molar-refractivity contribution < 1.29 is 18.0 Å². The predicted octanol–water partition coefficient (Wildman–Crippen LogP) is 7.40. The lowest BCUT2D eigenvalue weighted by atomic mass is 10.0. The first-order valence-corrected chi connectivity index (χ1v) is 17.0. The maximum atomic E-state index is 14.5. The molecule has 4 rings (SSSR count). The molecule has 45 heavy (non-hydrogen) atoms. The fraction of sp³-hybridized carbons (Fsp3) is 0.235. The monoisotopic (exact) mass is 685 g/mol. The zero-order valence-corrected chi connectivity index (χ0v) is 28.0.